The number of alkyl halides is 1. The van der Waals surface area contributed by atoms with E-state index in [1.54, 1.807) is 14.0 Å². The molecule has 7 heteroatoms. The van der Waals surface area contributed by atoms with Crippen LogP contribution >= 0.6 is 11.6 Å². The number of fused-ring (bicyclic) bond motifs is 1. The predicted octanol–water partition coefficient (Wildman–Crippen LogP) is 2.97. The Labute approximate surface area is 134 Å². The zero-order valence-electron chi connectivity index (χ0n) is 12.9. The Kier molecular flexibility index (Phi) is 3.97. The Bertz CT molecular complexity index is 593. The van der Waals surface area contributed by atoms with Crippen LogP contribution in [-0.4, -0.2) is 41.2 Å². The number of amides is 1. The first-order valence-corrected chi connectivity index (χ1v) is 8.10. The van der Waals surface area contributed by atoms with Gasteiger partial charge in [0.2, 0.25) is 11.0 Å². The molecule has 0 aromatic carbocycles. The second-order valence-electron chi connectivity index (χ2n) is 6.10. The van der Waals surface area contributed by atoms with Gasteiger partial charge >= 0.3 is 0 Å². The highest BCUT2D eigenvalue weighted by molar-refractivity contribution is 6.28. The van der Waals surface area contributed by atoms with Gasteiger partial charge in [0.1, 0.15) is 5.69 Å². The van der Waals surface area contributed by atoms with Gasteiger partial charge in [0, 0.05) is 13.1 Å². The van der Waals surface area contributed by atoms with Gasteiger partial charge in [-0.1, -0.05) is 19.8 Å². The first-order valence-electron chi connectivity index (χ1n) is 7.72. The minimum atomic E-state index is -1.91. The lowest BCUT2D eigenvalue weighted by molar-refractivity contribution is -0.129. The average Bonchev–Trinajstić information content (AvgIpc) is 3.02. The minimum absolute atomic E-state index is 0.0255. The molecule has 1 fully saturated rings. The van der Waals surface area contributed by atoms with Crippen LogP contribution in [0.5, 0.6) is 0 Å². The van der Waals surface area contributed by atoms with Gasteiger partial charge in [-0.2, -0.15) is 4.98 Å². The smallest absolute Gasteiger partial charge is 0.266 e. The summed E-state index contributed by atoms with van der Waals surface area (Å²) < 4.78 is 15.3. The van der Waals surface area contributed by atoms with Crippen LogP contribution in [0.4, 0.5) is 15.9 Å². The number of rotatable bonds is 2. The monoisotopic (exact) mass is 326 g/mol. The molecule has 1 aliphatic carbocycles. The Hall–Kier alpha value is -1.43. The van der Waals surface area contributed by atoms with Crippen molar-refractivity contribution < 1.29 is 9.18 Å². The molecule has 1 aromatic rings. The normalized spacial score (nSPS) is 26.3. The van der Waals surface area contributed by atoms with Crippen LogP contribution in [0.15, 0.2) is 6.20 Å². The molecule has 0 spiro atoms. The molecule has 0 saturated heterocycles. The third kappa shape index (κ3) is 2.43. The topological polar surface area (TPSA) is 49.3 Å². The zero-order valence-corrected chi connectivity index (χ0v) is 13.6. The van der Waals surface area contributed by atoms with E-state index in [4.69, 9.17) is 11.6 Å². The van der Waals surface area contributed by atoms with Crippen LogP contribution in [-0.2, 0) is 4.79 Å². The molecule has 0 N–H and O–H groups in total. The Balaban J connectivity index is 2.12. The highest BCUT2D eigenvalue weighted by atomic mass is 35.5. The average molecular weight is 327 g/mol. The maximum Gasteiger partial charge on any atom is 0.266 e. The second-order valence-corrected chi connectivity index (χ2v) is 6.44. The molecule has 1 aliphatic heterocycles. The predicted molar refractivity (Wildman–Crippen MR) is 84.2 cm³/mol. The first-order chi connectivity index (χ1) is 10.5. The summed E-state index contributed by atoms with van der Waals surface area (Å²) in [6.45, 7) is 1.73. The molecule has 1 atom stereocenters. The summed E-state index contributed by atoms with van der Waals surface area (Å²) in [5, 5.41) is 0.116. The van der Waals surface area contributed by atoms with E-state index in [0.717, 1.165) is 25.7 Å². The zero-order chi connectivity index (χ0) is 15.9. The highest BCUT2D eigenvalue weighted by Crippen LogP contribution is 2.39. The minimum Gasteiger partial charge on any atom is -0.348 e. The fourth-order valence-electron chi connectivity index (χ4n) is 3.40. The molecule has 5 nitrogen and oxygen atoms in total. The van der Waals surface area contributed by atoms with Crippen molar-refractivity contribution >= 4 is 29.0 Å². The number of anilines is 2. The van der Waals surface area contributed by atoms with Gasteiger partial charge in [-0.05, 0) is 30.9 Å². The number of halogens is 2. The van der Waals surface area contributed by atoms with Gasteiger partial charge in [0.05, 0.1) is 12.7 Å². The highest BCUT2D eigenvalue weighted by Gasteiger charge is 2.46. The van der Waals surface area contributed by atoms with Crippen LogP contribution in [0.25, 0.3) is 0 Å². The van der Waals surface area contributed by atoms with Crippen LogP contribution in [0.2, 0.25) is 5.28 Å². The first kappa shape index (κ1) is 15.5. The van der Waals surface area contributed by atoms with Crippen molar-refractivity contribution in [3.05, 3.63) is 11.5 Å². The van der Waals surface area contributed by atoms with E-state index in [2.05, 4.69) is 9.97 Å². The molecule has 1 aromatic heterocycles. The molecule has 0 radical (unpaired) electrons. The van der Waals surface area contributed by atoms with Crippen LogP contribution in [0.3, 0.4) is 0 Å². The van der Waals surface area contributed by atoms with Gasteiger partial charge in [0.15, 0.2) is 5.82 Å². The fourth-order valence-corrected chi connectivity index (χ4v) is 3.53. The van der Waals surface area contributed by atoms with E-state index in [1.807, 2.05) is 4.90 Å². The van der Waals surface area contributed by atoms with Gasteiger partial charge in [-0.15, -0.1) is 0 Å². The summed E-state index contributed by atoms with van der Waals surface area (Å²) in [6, 6.07) is 0.200. The fraction of sp³-hybridized carbons (Fsp3) is 0.667. The van der Waals surface area contributed by atoms with E-state index in [0.29, 0.717) is 11.5 Å². The summed E-state index contributed by atoms with van der Waals surface area (Å²) in [5.74, 6) is 0.0263. The largest absolute Gasteiger partial charge is 0.348 e. The van der Waals surface area contributed by atoms with E-state index in [9.17, 15) is 4.79 Å². The Morgan fingerprint density at radius 2 is 2.14 bits per heavy atom. The van der Waals surface area contributed by atoms with Crippen LogP contribution in [0, 0.1) is 0 Å². The summed E-state index contributed by atoms with van der Waals surface area (Å²) in [7, 11) is 1.57. The number of carbonyl (C=O) groups is 1. The summed E-state index contributed by atoms with van der Waals surface area (Å²) >= 11 is 5.94. The molecule has 2 aliphatic rings. The molecule has 0 bridgehead atoms. The van der Waals surface area contributed by atoms with Crippen molar-refractivity contribution in [1.82, 2.24) is 9.97 Å². The van der Waals surface area contributed by atoms with E-state index in [-0.39, 0.29) is 24.3 Å². The van der Waals surface area contributed by atoms with Crippen molar-refractivity contribution in [2.75, 3.05) is 23.4 Å². The van der Waals surface area contributed by atoms with Gasteiger partial charge < -0.3 is 9.80 Å². The third-order valence-electron chi connectivity index (χ3n) is 4.79. The lowest BCUT2D eigenvalue weighted by Gasteiger charge is -2.33. The lowest BCUT2D eigenvalue weighted by atomic mass is 10.00. The molecule has 22 heavy (non-hydrogen) atoms. The van der Waals surface area contributed by atoms with Crippen molar-refractivity contribution in [1.29, 1.82) is 0 Å². The van der Waals surface area contributed by atoms with Gasteiger partial charge in [0.25, 0.3) is 5.91 Å². The summed E-state index contributed by atoms with van der Waals surface area (Å²) in [5.41, 5.74) is -1.39. The Morgan fingerprint density at radius 1 is 1.45 bits per heavy atom. The molecular weight excluding hydrogens is 307 g/mol. The van der Waals surface area contributed by atoms with Gasteiger partial charge in [-0.25, -0.2) is 9.37 Å². The molecule has 1 saturated carbocycles. The standard InChI is InChI=1S/C15H20ClFN4O/c1-3-15(17)9-21(10-6-4-5-7-10)12-11(20(2)13(15)22)8-18-14(16)19-12/h8,10H,3-7,9H2,1-2H3. The molecule has 3 rings (SSSR count). The quantitative estimate of drug-likeness (QED) is 0.784. The van der Waals surface area contributed by atoms with Crippen LogP contribution < -0.4 is 9.80 Å². The number of hydrogen-bond donors (Lipinski definition) is 0. The van der Waals surface area contributed by atoms with Crippen molar-refractivity contribution in [2.45, 2.75) is 50.7 Å². The SMILES string of the molecule is CCC1(F)CN(C2CCCC2)c2nc(Cl)ncc2N(C)C1=O. The number of nitrogens with zero attached hydrogens (tertiary/aromatic N) is 4. The summed E-state index contributed by atoms with van der Waals surface area (Å²) in [4.78, 5) is 24.1. The molecule has 120 valence electrons. The Morgan fingerprint density at radius 3 is 2.77 bits per heavy atom. The van der Waals surface area contributed by atoms with Gasteiger partial charge in [-0.3, -0.25) is 4.79 Å². The number of aromatic nitrogens is 2. The molecular formula is C15H20ClFN4O. The number of hydrogen-bond acceptors (Lipinski definition) is 4. The summed E-state index contributed by atoms with van der Waals surface area (Å²) in [6.07, 6.45) is 5.84. The number of carbonyl (C=O) groups excluding carboxylic acids is 1. The van der Waals surface area contributed by atoms with E-state index < -0.39 is 11.6 Å². The van der Waals surface area contributed by atoms with E-state index >= 15 is 4.39 Å². The maximum atomic E-state index is 15.3. The van der Waals surface area contributed by atoms with E-state index in [1.165, 1.54) is 11.1 Å². The van der Waals surface area contributed by atoms with Crippen molar-refractivity contribution in [2.24, 2.45) is 0 Å². The lowest BCUT2D eigenvalue weighted by Crippen LogP contribution is -2.50. The molecule has 1 amide bonds. The van der Waals surface area contributed by atoms with Crippen LogP contribution in [0.1, 0.15) is 39.0 Å². The third-order valence-corrected chi connectivity index (χ3v) is 4.97. The maximum absolute atomic E-state index is 15.3. The second kappa shape index (κ2) is 5.65. The van der Waals surface area contributed by atoms with Crippen molar-refractivity contribution in [3.63, 3.8) is 0 Å². The van der Waals surface area contributed by atoms with Crippen molar-refractivity contribution in [3.8, 4) is 0 Å². The molecule has 2 heterocycles. The molecule has 1 unspecified atom stereocenters.